The van der Waals surface area contributed by atoms with Crippen molar-refractivity contribution in [1.29, 1.82) is 0 Å². The lowest BCUT2D eigenvalue weighted by Crippen LogP contribution is -2.14. The van der Waals surface area contributed by atoms with E-state index < -0.39 is 0 Å². The first kappa shape index (κ1) is 11.5. The number of fused-ring (bicyclic) bond motifs is 1. The summed E-state index contributed by atoms with van der Waals surface area (Å²) in [6.07, 6.45) is 2.45. The lowest BCUT2D eigenvalue weighted by molar-refractivity contribution is 0.187. The molecule has 5 nitrogen and oxygen atoms in total. The van der Waals surface area contributed by atoms with E-state index in [-0.39, 0.29) is 6.04 Å². The van der Waals surface area contributed by atoms with Crippen LogP contribution in [0.15, 0.2) is 16.7 Å². The normalized spacial score (nSPS) is 13.2. The minimum atomic E-state index is -0.145. The summed E-state index contributed by atoms with van der Waals surface area (Å²) in [4.78, 5) is 11.7. The number of hydrogen-bond acceptors (Lipinski definition) is 4. The topological polar surface area (TPSA) is 76.8 Å². The monoisotopic (exact) mass is 284 g/mol. The van der Waals surface area contributed by atoms with E-state index in [1.807, 2.05) is 6.07 Å². The molecule has 2 heterocycles. The van der Waals surface area contributed by atoms with E-state index in [1.165, 1.54) is 0 Å². The Hall–Kier alpha value is -0.980. The zero-order chi connectivity index (χ0) is 11.5. The molecule has 0 aliphatic rings. The maximum absolute atomic E-state index is 5.97. The second-order valence-electron chi connectivity index (χ2n) is 3.53. The number of nitrogens with zero attached hydrogens (tertiary/aromatic N) is 2. The van der Waals surface area contributed by atoms with Gasteiger partial charge in [0, 0.05) is 24.4 Å². The van der Waals surface area contributed by atoms with Crippen molar-refractivity contribution in [3.63, 3.8) is 0 Å². The second kappa shape index (κ2) is 4.90. The van der Waals surface area contributed by atoms with Crippen LogP contribution in [0.4, 0.5) is 0 Å². The Bertz CT molecular complexity index is 485. The summed E-state index contributed by atoms with van der Waals surface area (Å²) in [7, 11) is 1.66. The highest BCUT2D eigenvalue weighted by molar-refractivity contribution is 9.10. The van der Waals surface area contributed by atoms with Gasteiger partial charge in [0.25, 0.3) is 0 Å². The molecule has 2 aromatic rings. The summed E-state index contributed by atoms with van der Waals surface area (Å²) in [6.45, 7) is 0.620. The lowest BCUT2D eigenvalue weighted by atomic mass is 10.2. The minimum absolute atomic E-state index is 0.145. The molecular formula is C10H13BrN4O. The molecule has 0 radical (unpaired) electrons. The zero-order valence-corrected chi connectivity index (χ0v) is 10.5. The highest BCUT2D eigenvalue weighted by atomic mass is 79.9. The van der Waals surface area contributed by atoms with E-state index >= 15 is 0 Å². The number of hydrogen-bond donors (Lipinski definition) is 2. The first-order valence-electron chi connectivity index (χ1n) is 4.96. The van der Waals surface area contributed by atoms with Crippen molar-refractivity contribution < 1.29 is 4.74 Å². The van der Waals surface area contributed by atoms with Gasteiger partial charge in [0.05, 0.1) is 11.6 Å². The van der Waals surface area contributed by atoms with Crippen molar-refractivity contribution in [3.05, 3.63) is 22.6 Å². The molecule has 0 bridgehead atoms. The van der Waals surface area contributed by atoms with Gasteiger partial charge in [0.2, 0.25) is 0 Å². The Kier molecular flexibility index (Phi) is 3.52. The molecule has 0 aliphatic carbocycles. The number of imidazole rings is 1. The molecule has 6 heteroatoms. The maximum Gasteiger partial charge on any atom is 0.177 e. The molecule has 0 fully saturated rings. The van der Waals surface area contributed by atoms with Crippen molar-refractivity contribution in [2.24, 2.45) is 5.73 Å². The quantitative estimate of drug-likeness (QED) is 0.897. The van der Waals surface area contributed by atoms with E-state index in [2.05, 4.69) is 30.9 Å². The second-order valence-corrected chi connectivity index (χ2v) is 4.45. The molecule has 1 atom stereocenters. The summed E-state index contributed by atoms with van der Waals surface area (Å²) in [5, 5.41) is 0. The van der Waals surface area contributed by atoms with Gasteiger partial charge in [-0.25, -0.2) is 9.97 Å². The summed E-state index contributed by atoms with van der Waals surface area (Å²) < 4.78 is 5.90. The average Bonchev–Trinajstić information content (AvgIpc) is 2.68. The number of nitrogens with two attached hydrogens (primary N) is 1. The van der Waals surface area contributed by atoms with Crippen LogP contribution < -0.4 is 5.73 Å². The number of nitrogens with one attached hydrogen (secondary N) is 1. The number of halogens is 1. The molecular weight excluding hydrogens is 272 g/mol. The van der Waals surface area contributed by atoms with Crippen LogP contribution in [0.25, 0.3) is 11.2 Å². The SMILES string of the molecule is COCCC(N)c1nc2ncc(Br)cc2[nH]1. The summed E-state index contributed by atoms with van der Waals surface area (Å²) >= 11 is 3.36. The third-order valence-electron chi connectivity index (χ3n) is 2.31. The number of aromatic nitrogens is 3. The number of rotatable bonds is 4. The van der Waals surface area contributed by atoms with Gasteiger partial charge in [0.15, 0.2) is 5.65 Å². The summed E-state index contributed by atoms with van der Waals surface area (Å²) in [6, 6.07) is 1.79. The number of ether oxygens (including phenoxy) is 1. The van der Waals surface area contributed by atoms with Crippen LogP contribution in [0.2, 0.25) is 0 Å². The van der Waals surface area contributed by atoms with E-state index in [4.69, 9.17) is 10.5 Å². The Labute approximate surface area is 102 Å². The zero-order valence-electron chi connectivity index (χ0n) is 8.90. The van der Waals surface area contributed by atoms with Crippen molar-refractivity contribution in [2.45, 2.75) is 12.5 Å². The van der Waals surface area contributed by atoms with Crippen LogP contribution in [0.5, 0.6) is 0 Å². The van der Waals surface area contributed by atoms with Gasteiger partial charge in [-0.2, -0.15) is 0 Å². The van der Waals surface area contributed by atoms with Crippen LogP contribution in [0.1, 0.15) is 18.3 Å². The van der Waals surface area contributed by atoms with Crippen molar-refractivity contribution >= 4 is 27.1 Å². The molecule has 0 amide bonds. The minimum Gasteiger partial charge on any atom is -0.385 e. The molecule has 86 valence electrons. The first-order chi connectivity index (χ1) is 7.70. The van der Waals surface area contributed by atoms with E-state index in [9.17, 15) is 0 Å². The van der Waals surface area contributed by atoms with Gasteiger partial charge in [-0.15, -0.1) is 0 Å². The van der Waals surface area contributed by atoms with Crippen molar-refractivity contribution in [1.82, 2.24) is 15.0 Å². The van der Waals surface area contributed by atoms with Crippen molar-refractivity contribution in [3.8, 4) is 0 Å². The smallest absolute Gasteiger partial charge is 0.177 e. The molecule has 2 rings (SSSR count). The van der Waals surface area contributed by atoms with Crippen LogP contribution in [-0.4, -0.2) is 28.7 Å². The van der Waals surface area contributed by atoms with Crippen LogP contribution >= 0.6 is 15.9 Å². The maximum atomic E-state index is 5.97. The van der Waals surface area contributed by atoms with Gasteiger partial charge in [0.1, 0.15) is 5.82 Å². The molecule has 0 spiro atoms. The van der Waals surface area contributed by atoms with Crippen LogP contribution in [0, 0.1) is 0 Å². The van der Waals surface area contributed by atoms with Gasteiger partial charge in [-0.05, 0) is 28.4 Å². The Balaban J connectivity index is 2.25. The molecule has 0 saturated heterocycles. The van der Waals surface area contributed by atoms with Crippen LogP contribution in [0.3, 0.4) is 0 Å². The largest absolute Gasteiger partial charge is 0.385 e. The molecule has 0 aliphatic heterocycles. The Morgan fingerprint density at radius 1 is 1.62 bits per heavy atom. The van der Waals surface area contributed by atoms with Gasteiger partial charge >= 0.3 is 0 Å². The Morgan fingerprint density at radius 2 is 2.44 bits per heavy atom. The number of H-pyrrole nitrogens is 1. The van der Waals surface area contributed by atoms with E-state index in [1.54, 1.807) is 13.3 Å². The highest BCUT2D eigenvalue weighted by Crippen LogP contribution is 2.18. The molecule has 1 unspecified atom stereocenters. The Morgan fingerprint density at radius 3 is 3.19 bits per heavy atom. The number of aromatic amines is 1. The number of methoxy groups -OCH3 is 1. The standard InChI is InChI=1S/C10H13BrN4O/c1-16-3-2-7(12)9-14-8-4-6(11)5-13-10(8)15-9/h4-5,7H,2-3,12H2,1H3,(H,13,14,15). The first-order valence-corrected chi connectivity index (χ1v) is 5.75. The third-order valence-corrected chi connectivity index (χ3v) is 2.74. The molecule has 3 N–H and O–H groups in total. The summed E-state index contributed by atoms with van der Waals surface area (Å²) in [5.74, 6) is 0.748. The van der Waals surface area contributed by atoms with E-state index in [0.29, 0.717) is 12.3 Å². The predicted molar refractivity (Wildman–Crippen MR) is 65.0 cm³/mol. The molecule has 2 aromatic heterocycles. The molecule has 0 saturated carbocycles. The van der Waals surface area contributed by atoms with Crippen LogP contribution in [-0.2, 0) is 4.74 Å². The average molecular weight is 285 g/mol. The lowest BCUT2D eigenvalue weighted by Gasteiger charge is -2.06. The summed E-state index contributed by atoms with van der Waals surface area (Å²) in [5.41, 5.74) is 7.54. The van der Waals surface area contributed by atoms with E-state index in [0.717, 1.165) is 22.2 Å². The van der Waals surface area contributed by atoms with Crippen molar-refractivity contribution in [2.75, 3.05) is 13.7 Å². The van der Waals surface area contributed by atoms with Gasteiger partial charge in [-0.1, -0.05) is 0 Å². The fourth-order valence-electron chi connectivity index (χ4n) is 1.45. The molecule has 16 heavy (non-hydrogen) atoms. The van der Waals surface area contributed by atoms with Gasteiger partial charge in [-0.3, -0.25) is 0 Å². The predicted octanol–water partition coefficient (Wildman–Crippen LogP) is 1.76. The molecule has 0 aromatic carbocycles. The highest BCUT2D eigenvalue weighted by Gasteiger charge is 2.11. The van der Waals surface area contributed by atoms with Gasteiger partial charge < -0.3 is 15.5 Å². The fourth-order valence-corrected chi connectivity index (χ4v) is 1.78. The number of pyridine rings is 1. The fraction of sp³-hybridized carbons (Fsp3) is 0.400. The third kappa shape index (κ3) is 2.40.